The number of hydrogen-bond acceptors (Lipinski definition) is 4. The number of hydrogen-bond donors (Lipinski definition) is 1. The molecule has 1 unspecified atom stereocenters. The molecule has 5 heteroatoms. The van der Waals surface area contributed by atoms with E-state index in [9.17, 15) is 4.79 Å². The molecule has 0 radical (unpaired) electrons. The molecule has 1 fully saturated rings. The normalized spacial score (nSPS) is 18.4. The third kappa shape index (κ3) is 3.59. The Kier molecular flexibility index (Phi) is 5.57. The van der Waals surface area contributed by atoms with E-state index in [-0.39, 0.29) is 12.0 Å². The molecule has 1 saturated heterocycles. The summed E-state index contributed by atoms with van der Waals surface area (Å²) >= 11 is 3.50. The van der Waals surface area contributed by atoms with Crippen LogP contribution in [0, 0.1) is 6.92 Å². The van der Waals surface area contributed by atoms with Gasteiger partial charge in [-0.1, -0.05) is 28.1 Å². The Morgan fingerprint density at radius 2 is 2.20 bits per heavy atom. The lowest BCUT2D eigenvalue weighted by Gasteiger charge is -2.28. The van der Waals surface area contributed by atoms with Gasteiger partial charge in [-0.05, 0) is 37.1 Å². The fourth-order valence-corrected chi connectivity index (χ4v) is 2.82. The van der Waals surface area contributed by atoms with Gasteiger partial charge in [-0.2, -0.15) is 0 Å². The first-order valence-corrected chi connectivity index (χ1v) is 7.71. The molecule has 4 nitrogen and oxygen atoms in total. The van der Waals surface area contributed by atoms with E-state index in [1.165, 1.54) is 7.11 Å². The van der Waals surface area contributed by atoms with Crippen LogP contribution in [0.15, 0.2) is 22.7 Å². The molecule has 1 atom stereocenters. The second-order valence-electron chi connectivity index (χ2n) is 5.07. The van der Waals surface area contributed by atoms with Gasteiger partial charge in [-0.25, -0.2) is 4.79 Å². The van der Waals surface area contributed by atoms with Crippen LogP contribution in [0.1, 0.15) is 23.6 Å². The largest absolute Gasteiger partial charge is 0.468 e. The number of ether oxygens (including phenoxy) is 1. The molecule has 1 aromatic carbocycles. The Bertz CT molecular complexity index is 471. The average Bonchev–Trinajstić information content (AvgIpc) is 2.72. The minimum Gasteiger partial charge on any atom is -0.468 e. The summed E-state index contributed by atoms with van der Waals surface area (Å²) in [6.45, 7) is 5.70. The van der Waals surface area contributed by atoms with Crippen LogP contribution in [0.3, 0.4) is 0 Å². The molecule has 110 valence electrons. The lowest BCUT2D eigenvalue weighted by atomic mass is 10.0. The van der Waals surface area contributed by atoms with Gasteiger partial charge in [0.2, 0.25) is 0 Å². The van der Waals surface area contributed by atoms with E-state index in [2.05, 4.69) is 32.2 Å². The molecule has 0 aliphatic carbocycles. The lowest BCUT2D eigenvalue weighted by molar-refractivity contribution is -0.147. The van der Waals surface area contributed by atoms with Gasteiger partial charge >= 0.3 is 5.97 Å². The van der Waals surface area contributed by atoms with Crippen LogP contribution in [0.5, 0.6) is 0 Å². The van der Waals surface area contributed by atoms with Crippen molar-refractivity contribution in [2.75, 3.05) is 33.3 Å². The Labute approximate surface area is 128 Å². The Balaban J connectivity index is 2.30. The molecule has 1 aliphatic rings. The summed E-state index contributed by atoms with van der Waals surface area (Å²) in [6, 6.07) is 5.74. The van der Waals surface area contributed by atoms with Crippen LogP contribution >= 0.6 is 15.9 Å². The summed E-state index contributed by atoms with van der Waals surface area (Å²) < 4.78 is 6.08. The molecule has 0 spiro atoms. The molecule has 2 rings (SSSR count). The SMILES string of the molecule is COC(=O)C(c1ccc(Br)c(C)c1)N1CCCNCC1. The monoisotopic (exact) mass is 340 g/mol. The number of carbonyl (C=O) groups excluding carboxylic acids is 1. The lowest BCUT2D eigenvalue weighted by Crippen LogP contribution is -2.37. The maximum Gasteiger partial charge on any atom is 0.327 e. The number of esters is 1. The highest BCUT2D eigenvalue weighted by Crippen LogP contribution is 2.26. The van der Waals surface area contributed by atoms with E-state index in [1.807, 2.05) is 19.1 Å². The van der Waals surface area contributed by atoms with Gasteiger partial charge in [0.05, 0.1) is 7.11 Å². The van der Waals surface area contributed by atoms with Gasteiger partial charge < -0.3 is 10.1 Å². The van der Waals surface area contributed by atoms with E-state index >= 15 is 0 Å². The van der Waals surface area contributed by atoms with E-state index in [4.69, 9.17) is 4.74 Å². The van der Waals surface area contributed by atoms with Gasteiger partial charge in [0.15, 0.2) is 0 Å². The van der Waals surface area contributed by atoms with Crippen molar-refractivity contribution < 1.29 is 9.53 Å². The van der Waals surface area contributed by atoms with Gasteiger partial charge in [0.1, 0.15) is 6.04 Å². The summed E-state index contributed by atoms with van der Waals surface area (Å²) in [5.41, 5.74) is 2.13. The minimum atomic E-state index is -0.313. The van der Waals surface area contributed by atoms with Crippen molar-refractivity contribution in [1.29, 1.82) is 0 Å². The zero-order valence-electron chi connectivity index (χ0n) is 12.0. The van der Waals surface area contributed by atoms with Gasteiger partial charge in [0, 0.05) is 24.1 Å². The Morgan fingerprint density at radius 1 is 1.40 bits per heavy atom. The van der Waals surface area contributed by atoms with E-state index < -0.39 is 0 Å². The van der Waals surface area contributed by atoms with E-state index in [0.29, 0.717) is 0 Å². The molecule has 0 saturated carbocycles. The second kappa shape index (κ2) is 7.20. The average molecular weight is 341 g/mol. The summed E-state index contributed by atoms with van der Waals surface area (Å²) in [4.78, 5) is 14.4. The molecule has 1 heterocycles. The molecule has 1 aliphatic heterocycles. The van der Waals surface area contributed by atoms with Crippen molar-refractivity contribution in [2.45, 2.75) is 19.4 Å². The molecule has 0 aromatic heterocycles. The number of rotatable bonds is 3. The number of halogens is 1. The van der Waals surface area contributed by atoms with Crippen molar-refractivity contribution in [3.63, 3.8) is 0 Å². The highest BCUT2D eigenvalue weighted by molar-refractivity contribution is 9.10. The Hall–Kier alpha value is -0.910. The predicted octanol–water partition coefficient (Wildman–Crippen LogP) is 2.27. The fraction of sp³-hybridized carbons (Fsp3) is 0.533. The molecule has 0 bridgehead atoms. The molecule has 20 heavy (non-hydrogen) atoms. The molecule has 1 N–H and O–H groups in total. The van der Waals surface area contributed by atoms with Crippen molar-refractivity contribution in [3.8, 4) is 0 Å². The smallest absolute Gasteiger partial charge is 0.327 e. The number of benzene rings is 1. The topological polar surface area (TPSA) is 41.6 Å². The first kappa shape index (κ1) is 15.5. The van der Waals surface area contributed by atoms with Crippen LogP contribution in [0.25, 0.3) is 0 Å². The van der Waals surface area contributed by atoms with Gasteiger partial charge in [-0.3, -0.25) is 4.90 Å². The molecular weight excluding hydrogens is 320 g/mol. The quantitative estimate of drug-likeness (QED) is 0.857. The summed E-state index contributed by atoms with van der Waals surface area (Å²) in [7, 11) is 1.46. The zero-order valence-corrected chi connectivity index (χ0v) is 13.6. The van der Waals surface area contributed by atoms with Crippen molar-refractivity contribution in [3.05, 3.63) is 33.8 Å². The first-order valence-electron chi connectivity index (χ1n) is 6.92. The maximum atomic E-state index is 12.2. The predicted molar refractivity (Wildman–Crippen MR) is 82.7 cm³/mol. The Morgan fingerprint density at radius 3 is 2.90 bits per heavy atom. The summed E-state index contributed by atoms with van der Waals surface area (Å²) in [6.07, 6.45) is 1.04. The van der Waals surface area contributed by atoms with Crippen LogP contribution in [0.2, 0.25) is 0 Å². The molecule has 1 aromatic rings. The third-order valence-corrected chi connectivity index (χ3v) is 4.55. The number of nitrogens with zero attached hydrogens (tertiary/aromatic N) is 1. The molecular formula is C15H21BrN2O2. The van der Waals surface area contributed by atoms with E-state index in [0.717, 1.165) is 48.2 Å². The highest BCUT2D eigenvalue weighted by atomic mass is 79.9. The van der Waals surface area contributed by atoms with E-state index in [1.54, 1.807) is 0 Å². The third-order valence-electron chi connectivity index (χ3n) is 3.66. The fourth-order valence-electron chi connectivity index (χ4n) is 2.57. The summed E-state index contributed by atoms with van der Waals surface area (Å²) in [5.74, 6) is -0.186. The zero-order chi connectivity index (χ0) is 14.5. The highest BCUT2D eigenvalue weighted by Gasteiger charge is 2.29. The van der Waals surface area contributed by atoms with Crippen LogP contribution in [0.4, 0.5) is 0 Å². The van der Waals surface area contributed by atoms with Crippen molar-refractivity contribution >= 4 is 21.9 Å². The number of nitrogens with one attached hydrogen (secondary N) is 1. The maximum absolute atomic E-state index is 12.2. The van der Waals surface area contributed by atoms with Crippen molar-refractivity contribution in [2.24, 2.45) is 0 Å². The van der Waals surface area contributed by atoms with Crippen LogP contribution in [-0.4, -0.2) is 44.2 Å². The standard InChI is InChI=1S/C15H21BrN2O2/c1-11-10-12(4-5-13(11)16)14(15(19)20-2)18-8-3-6-17-7-9-18/h4-5,10,14,17H,3,6-9H2,1-2H3. The van der Waals surface area contributed by atoms with Crippen molar-refractivity contribution in [1.82, 2.24) is 10.2 Å². The molecule has 0 amide bonds. The van der Waals surface area contributed by atoms with Crippen LogP contribution < -0.4 is 5.32 Å². The van der Waals surface area contributed by atoms with Gasteiger partial charge in [0.25, 0.3) is 0 Å². The van der Waals surface area contributed by atoms with Gasteiger partial charge in [-0.15, -0.1) is 0 Å². The second-order valence-corrected chi connectivity index (χ2v) is 5.93. The number of aryl methyl sites for hydroxylation is 1. The van der Waals surface area contributed by atoms with Crippen LogP contribution in [-0.2, 0) is 9.53 Å². The summed E-state index contributed by atoms with van der Waals surface area (Å²) in [5, 5.41) is 3.36. The number of methoxy groups -OCH3 is 1. The number of carbonyl (C=O) groups is 1. The minimum absolute atomic E-state index is 0.186. The first-order chi connectivity index (χ1) is 9.63.